The average molecular weight is 269 g/mol. The lowest BCUT2D eigenvalue weighted by molar-refractivity contribution is 0.0528. The smallest absolute Gasteiger partial charge is 0.343 e. The summed E-state index contributed by atoms with van der Waals surface area (Å²) >= 11 is 0. The van der Waals surface area contributed by atoms with Gasteiger partial charge in [0.25, 0.3) is 0 Å². The maximum atomic E-state index is 11.8. The van der Waals surface area contributed by atoms with Gasteiger partial charge in [-0.05, 0) is 13.0 Å². The van der Waals surface area contributed by atoms with Crippen LogP contribution in [0.3, 0.4) is 0 Å². The van der Waals surface area contributed by atoms with Gasteiger partial charge < -0.3 is 4.74 Å². The van der Waals surface area contributed by atoms with Crippen molar-refractivity contribution >= 4 is 11.6 Å². The SMILES string of the molecule is CCOC(=O)c1cnn2c(-c3cnccn3)ccnc12. The molecule has 0 saturated heterocycles. The standard InChI is InChI=1S/C13H11N5O2/c1-2-20-13(19)9-7-17-18-11(3-4-16-12(9)18)10-8-14-5-6-15-10/h3-8H,2H2,1H3. The largest absolute Gasteiger partial charge is 0.462 e. The van der Waals surface area contributed by atoms with Crippen LogP contribution < -0.4 is 0 Å². The van der Waals surface area contributed by atoms with Gasteiger partial charge in [-0.3, -0.25) is 9.97 Å². The third-order valence-electron chi connectivity index (χ3n) is 2.72. The summed E-state index contributed by atoms with van der Waals surface area (Å²) in [6.45, 7) is 2.06. The first-order valence-electron chi connectivity index (χ1n) is 6.07. The number of hydrogen-bond acceptors (Lipinski definition) is 6. The van der Waals surface area contributed by atoms with Crippen LogP contribution in [0.5, 0.6) is 0 Å². The van der Waals surface area contributed by atoms with E-state index in [-0.39, 0.29) is 0 Å². The van der Waals surface area contributed by atoms with Gasteiger partial charge in [-0.1, -0.05) is 0 Å². The van der Waals surface area contributed by atoms with E-state index in [2.05, 4.69) is 20.1 Å². The number of carbonyl (C=O) groups excluding carboxylic acids is 1. The fourth-order valence-corrected chi connectivity index (χ4v) is 1.87. The van der Waals surface area contributed by atoms with E-state index in [9.17, 15) is 4.79 Å². The number of carbonyl (C=O) groups is 1. The lowest BCUT2D eigenvalue weighted by Crippen LogP contribution is -2.05. The topological polar surface area (TPSA) is 82.3 Å². The van der Waals surface area contributed by atoms with E-state index < -0.39 is 5.97 Å². The van der Waals surface area contributed by atoms with Crippen molar-refractivity contribution in [2.24, 2.45) is 0 Å². The minimum Gasteiger partial charge on any atom is -0.462 e. The monoisotopic (exact) mass is 269 g/mol. The van der Waals surface area contributed by atoms with Gasteiger partial charge in [-0.2, -0.15) is 5.10 Å². The molecule has 0 aliphatic rings. The highest BCUT2D eigenvalue weighted by Gasteiger charge is 2.17. The highest BCUT2D eigenvalue weighted by Crippen LogP contribution is 2.18. The Labute approximate surface area is 114 Å². The molecule has 20 heavy (non-hydrogen) atoms. The quantitative estimate of drug-likeness (QED) is 0.668. The third kappa shape index (κ3) is 1.99. The van der Waals surface area contributed by atoms with Crippen LogP contribution in [-0.4, -0.2) is 37.1 Å². The molecule has 3 heterocycles. The highest BCUT2D eigenvalue weighted by atomic mass is 16.5. The second-order valence-electron chi connectivity index (χ2n) is 3.93. The Morgan fingerprint density at radius 3 is 2.90 bits per heavy atom. The molecule has 3 aromatic heterocycles. The first-order valence-corrected chi connectivity index (χ1v) is 6.07. The lowest BCUT2D eigenvalue weighted by atomic mass is 10.3. The summed E-state index contributed by atoms with van der Waals surface area (Å²) in [7, 11) is 0. The third-order valence-corrected chi connectivity index (χ3v) is 2.72. The van der Waals surface area contributed by atoms with Crippen molar-refractivity contribution in [1.82, 2.24) is 24.6 Å². The molecule has 100 valence electrons. The van der Waals surface area contributed by atoms with Crippen LogP contribution in [0.1, 0.15) is 17.3 Å². The van der Waals surface area contributed by atoms with Crippen LogP contribution in [0.4, 0.5) is 0 Å². The normalized spacial score (nSPS) is 10.7. The molecule has 0 aliphatic heterocycles. The van der Waals surface area contributed by atoms with Crippen LogP contribution in [0, 0.1) is 0 Å². The molecule has 0 unspecified atom stereocenters. The van der Waals surface area contributed by atoms with E-state index in [4.69, 9.17) is 4.74 Å². The van der Waals surface area contributed by atoms with Crippen LogP contribution in [0.2, 0.25) is 0 Å². The number of aromatic nitrogens is 5. The molecule has 0 aliphatic carbocycles. The first kappa shape index (κ1) is 12.2. The fraction of sp³-hybridized carbons (Fsp3) is 0.154. The summed E-state index contributed by atoms with van der Waals surface area (Å²) in [6, 6.07) is 1.76. The molecule has 3 aromatic rings. The molecule has 0 spiro atoms. The van der Waals surface area contributed by atoms with Crippen molar-refractivity contribution in [3.8, 4) is 11.4 Å². The fourth-order valence-electron chi connectivity index (χ4n) is 1.87. The highest BCUT2D eigenvalue weighted by molar-refractivity contribution is 5.95. The molecule has 7 heteroatoms. The van der Waals surface area contributed by atoms with E-state index in [0.29, 0.717) is 29.2 Å². The van der Waals surface area contributed by atoms with E-state index in [1.807, 2.05) is 0 Å². The number of ether oxygens (including phenoxy) is 1. The van der Waals surface area contributed by atoms with E-state index in [0.717, 1.165) is 0 Å². The van der Waals surface area contributed by atoms with Crippen molar-refractivity contribution < 1.29 is 9.53 Å². The molecule has 0 fully saturated rings. The van der Waals surface area contributed by atoms with Gasteiger partial charge in [0, 0.05) is 18.6 Å². The molecule has 0 radical (unpaired) electrons. The minimum atomic E-state index is -0.439. The van der Waals surface area contributed by atoms with Crippen molar-refractivity contribution in [3.05, 3.63) is 42.6 Å². The summed E-state index contributed by atoms with van der Waals surface area (Å²) in [6.07, 6.45) is 7.86. The van der Waals surface area contributed by atoms with Gasteiger partial charge in [0.15, 0.2) is 5.65 Å². The zero-order valence-corrected chi connectivity index (χ0v) is 10.7. The number of hydrogen-bond donors (Lipinski definition) is 0. The molecular weight excluding hydrogens is 258 g/mol. The molecule has 3 rings (SSSR count). The summed E-state index contributed by atoms with van der Waals surface area (Å²) in [5.41, 5.74) is 2.13. The van der Waals surface area contributed by atoms with Crippen LogP contribution in [0.15, 0.2) is 37.1 Å². The molecule has 0 N–H and O–H groups in total. The Hall–Kier alpha value is -2.83. The Kier molecular flexibility index (Phi) is 3.08. The molecular formula is C13H11N5O2. The zero-order chi connectivity index (χ0) is 13.9. The first-order chi connectivity index (χ1) is 9.81. The van der Waals surface area contributed by atoms with Gasteiger partial charge in [-0.25, -0.2) is 14.3 Å². The Morgan fingerprint density at radius 1 is 1.25 bits per heavy atom. The number of fused-ring (bicyclic) bond motifs is 1. The zero-order valence-electron chi connectivity index (χ0n) is 10.7. The molecule has 0 amide bonds. The molecule has 0 saturated carbocycles. The second kappa shape index (κ2) is 5.04. The lowest BCUT2D eigenvalue weighted by Gasteiger charge is -2.03. The molecule has 7 nitrogen and oxygen atoms in total. The van der Waals surface area contributed by atoms with Crippen molar-refractivity contribution in [2.75, 3.05) is 6.61 Å². The Morgan fingerprint density at radius 2 is 2.15 bits per heavy atom. The predicted molar refractivity (Wildman–Crippen MR) is 70.0 cm³/mol. The van der Waals surface area contributed by atoms with Gasteiger partial charge in [0.2, 0.25) is 0 Å². The summed E-state index contributed by atoms with van der Waals surface area (Å²) in [5.74, 6) is -0.439. The average Bonchev–Trinajstić information content (AvgIpc) is 2.92. The van der Waals surface area contributed by atoms with Crippen LogP contribution >= 0.6 is 0 Å². The van der Waals surface area contributed by atoms with Crippen molar-refractivity contribution in [2.45, 2.75) is 6.92 Å². The van der Waals surface area contributed by atoms with Crippen molar-refractivity contribution in [3.63, 3.8) is 0 Å². The number of esters is 1. The molecule has 0 aromatic carbocycles. The number of nitrogens with zero attached hydrogens (tertiary/aromatic N) is 5. The van der Waals surface area contributed by atoms with Crippen molar-refractivity contribution in [1.29, 1.82) is 0 Å². The van der Waals surface area contributed by atoms with E-state index in [1.165, 1.54) is 6.20 Å². The summed E-state index contributed by atoms with van der Waals surface area (Å²) in [5, 5.41) is 4.18. The maximum Gasteiger partial charge on any atom is 0.343 e. The van der Waals surface area contributed by atoms with Gasteiger partial charge in [-0.15, -0.1) is 0 Å². The Bertz CT molecular complexity index is 754. The summed E-state index contributed by atoms with van der Waals surface area (Å²) in [4.78, 5) is 24.3. The van der Waals surface area contributed by atoms with Crippen LogP contribution in [0.25, 0.3) is 17.0 Å². The number of rotatable bonds is 3. The van der Waals surface area contributed by atoms with Gasteiger partial charge in [0.1, 0.15) is 11.3 Å². The maximum absolute atomic E-state index is 11.8. The minimum absolute atomic E-state index is 0.306. The Balaban J connectivity index is 2.15. The van der Waals surface area contributed by atoms with Gasteiger partial charge in [0.05, 0.1) is 24.7 Å². The molecule has 0 bridgehead atoms. The predicted octanol–water partition coefficient (Wildman–Crippen LogP) is 1.36. The van der Waals surface area contributed by atoms with Crippen LogP contribution in [-0.2, 0) is 4.74 Å². The van der Waals surface area contributed by atoms with E-state index in [1.54, 1.807) is 42.3 Å². The second-order valence-corrected chi connectivity index (χ2v) is 3.93. The molecule has 0 atom stereocenters. The summed E-state index contributed by atoms with van der Waals surface area (Å²) < 4.78 is 6.53. The van der Waals surface area contributed by atoms with Gasteiger partial charge >= 0.3 is 5.97 Å². The van der Waals surface area contributed by atoms with E-state index >= 15 is 0 Å².